The molecule has 3 aromatic rings. The van der Waals surface area contributed by atoms with Crippen molar-refractivity contribution in [3.63, 3.8) is 0 Å². The highest BCUT2D eigenvalue weighted by molar-refractivity contribution is 5.91. The van der Waals surface area contributed by atoms with Gasteiger partial charge in [-0.05, 0) is 50.5 Å². The number of hydrogen-bond donors (Lipinski definition) is 0. The Balaban J connectivity index is 1.55. The molecule has 0 N–H and O–H groups in total. The number of fused-ring (bicyclic) bond motifs is 1. The van der Waals surface area contributed by atoms with E-state index in [0.29, 0.717) is 19.0 Å². The Bertz CT molecular complexity index is 1160. The zero-order valence-corrected chi connectivity index (χ0v) is 19.6. The minimum atomic E-state index is -0.280. The summed E-state index contributed by atoms with van der Waals surface area (Å²) in [5.74, 6) is 2.19. The minimum absolute atomic E-state index is 0.216. The van der Waals surface area contributed by atoms with E-state index in [1.54, 1.807) is 16.8 Å². The number of rotatable bonds is 6. The Morgan fingerprint density at radius 1 is 1.12 bits per heavy atom. The number of benzene rings is 1. The summed E-state index contributed by atoms with van der Waals surface area (Å²) in [6.45, 7) is 9.21. The van der Waals surface area contributed by atoms with Gasteiger partial charge in [0.2, 0.25) is 5.91 Å². The molecule has 1 aliphatic heterocycles. The largest absolute Gasteiger partial charge is 0.352 e. The normalized spacial score (nSPS) is 17.6. The van der Waals surface area contributed by atoms with Gasteiger partial charge in [-0.25, -0.2) is 19.0 Å². The first-order valence-electron chi connectivity index (χ1n) is 12.0. The van der Waals surface area contributed by atoms with Crippen LogP contribution >= 0.6 is 0 Å². The van der Waals surface area contributed by atoms with Crippen molar-refractivity contribution in [1.82, 2.24) is 24.6 Å². The molecule has 2 aliphatic rings. The van der Waals surface area contributed by atoms with Crippen LogP contribution < -0.4 is 4.90 Å². The predicted molar refractivity (Wildman–Crippen MR) is 126 cm³/mol. The molecule has 0 spiro atoms. The molecule has 8 heteroatoms. The summed E-state index contributed by atoms with van der Waals surface area (Å²) in [6.07, 6.45) is 4.12. The lowest BCUT2D eigenvalue weighted by Crippen LogP contribution is -2.49. The lowest BCUT2D eigenvalue weighted by molar-refractivity contribution is -0.132. The lowest BCUT2D eigenvalue weighted by atomic mass is 10.1. The molecule has 5 rings (SSSR count). The monoisotopic (exact) mass is 450 g/mol. The summed E-state index contributed by atoms with van der Waals surface area (Å²) in [5.41, 5.74) is 2.36. The number of carbonyl (C=O) groups excluding carboxylic acids is 1. The molecule has 1 saturated heterocycles. The van der Waals surface area contributed by atoms with E-state index in [2.05, 4.69) is 18.7 Å². The van der Waals surface area contributed by atoms with Crippen LogP contribution in [0.25, 0.3) is 16.7 Å². The van der Waals surface area contributed by atoms with E-state index in [0.717, 1.165) is 72.8 Å². The van der Waals surface area contributed by atoms with Crippen molar-refractivity contribution < 1.29 is 9.18 Å². The summed E-state index contributed by atoms with van der Waals surface area (Å²) in [6, 6.07) is 6.33. The van der Waals surface area contributed by atoms with E-state index in [4.69, 9.17) is 15.1 Å². The van der Waals surface area contributed by atoms with E-state index in [-0.39, 0.29) is 17.7 Å². The smallest absolute Gasteiger partial charge is 0.225 e. The number of carbonyl (C=O) groups is 1. The fourth-order valence-corrected chi connectivity index (χ4v) is 4.68. The third-order valence-corrected chi connectivity index (χ3v) is 6.75. The second-order valence-corrected chi connectivity index (χ2v) is 9.35. The van der Waals surface area contributed by atoms with Crippen LogP contribution in [-0.4, -0.2) is 56.7 Å². The zero-order valence-electron chi connectivity index (χ0n) is 19.6. The predicted octanol–water partition coefficient (Wildman–Crippen LogP) is 4.23. The minimum Gasteiger partial charge on any atom is -0.352 e. The van der Waals surface area contributed by atoms with Crippen molar-refractivity contribution in [3.05, 3.63) is 41.6 Å². The summed E-state index contributed by atoms with van der Waals surface area (Å²) < 4.78 is 15.3. The third-order valence-electron chi connectivity index (χ3n) is 6.75. The van der Waals surface area contributed by atoms with Gasteiger partial charge in [0.25, 0.3) is 0 Å². The summed E-state index contributed by atoms with van der Waals surface area (Å²) in [4.78, 5) is 26.8. The van der Waals surface area contributed by atoms with Gasteiger partial charge in [0.1, 0.15) is 17.5 Å². The highest BCUT2D eigenvalue weighted by atomic mass is 19.1. The van der Waals surface area contributed by atoms with Crippen molar-refractivity contribution >= 4 is 22.8 Å². The molecule has 0 radical (unpaired) electrons. The van der Waals surface area contributed by atoms with Gasteiger partial charge in [-0.15, -0.1) is 0 Å². The van der Waals surface area contributed by atoms with Crippen LogP contribution in [0.1, 0.15) is 57.0 Å². The SMILES string of the molecule is CCC[C@@H](C)c1nc(N2CCN(C(=O)C3CC3)CC2)c2c(C)nn(-c3ccc(F)cc3)c2n1. The maximum absolute atomic E-state index is 13.5. The second-order valence-electron chi connectivity index (χ2n) is 9.35. The van der Waals surface area contributed by atoms with Gasteiger partial charge in [0.15, 0.2) is 5.65 Å². The van der Waals surface area contributed by atoms with Crippen LogP contribution in [0.2, 0.25) is 0 Å². The highest BCUT2D eigenvalue weighted by Crippen LogP contribution is 2.34. The first-order valence-corrected chi connectivity index (χ1v) is 12.0. The second kappa shape index (κ2) is 8.72. The van der Waals surface area contributed by atoms with E-state index in [1.165, 1.54) is 12.1 Å². The number of aromatic nitrogens is 4. The van der Waals surface area contributed by atoms with Gasteiger partial charge in [-0.3, -0.25) is 4.79 Å². The van der Waals surface area contributed by atoms with Gasteiger partial charge in [-0.2, -0.15) is 5.10 Å². The average molecular weight is 451 g/mol. The zero-order chi connectivity index (χ0) is 23.1. The summed E-state index contributed by atoms with van der Waals surface area (Å²) in [5, 5.41) is 5.69. The molecule has 7 nitrogen and oxygen atoms in total. The molecule has 0 bridgehead atoms. The number of aryl methyl sites for hydroxylation is 1. The Morgan fingerprint density at radius 3 is 2.45 bits per heavy atom. The molecule has 1 amide bonds. The highest BCUT2D eigenvalue weighted by Gasteiger charge is 2.35. The standard InChI is InChI=1S/C25H31FN6O/c1-4-5-16(2)22-27-23(30-12-14-31(15-13-30)25(33)18-6-7-18)21-17(3)29-32(24(21)28-22)20-10-8-19(26)9-11-20/h8-11,16,18H,4-7,12-15H2,1-3H3/t16-/m1/s1. The quantitative estimate of drug-likeness (QED) is 0.562. The average Bonchev–Trinajstić information content (AvgIpc) is 3.62. The lowest BCUT2D eigenvalue weighted by Gasteiger charge is -2.36. The molecule has 2 aromatic heterocycles. The van der Waals surface area contributed by atoms with Crippen molar-refractivity contribution in [2.45, 2.75) is 52.4 Å². The number of anilines is 1. The van der Waals surface area contributed by atoms with Crippen LogP contribution in [0.5, 0.6) is 0 Å². The molecule has 1 saturated carbocycles. The van der Waals surface area contributed by atoms with Gasteiger partial charge in [0, 0.05) is 38.0 Å². The number of piperazine rings is 1. The Kier molecular flexibility index (Phi) is 5.76. The fourth-order valence-electron chi connectivity index (χ4n) is 4.68. The topological polar surface area (TPSA) is 67.2 Å². The third kappa shape index (κ3) is 4.18. The molecule has 0 unspecified atom stereocenters. The van der Waals surface area contributed by atoms with Crippen LogP contribution in [0.3, 0.4) is 0 Å². The van der Waals surface area contributed by atoms with E-state index >= 15 is 0 Å². The molecular formula is C25H31FN6O. The van der Waals surface area contributed by atoms with Gasteiger partial charge < -0.3 is 9.80 Å². The summed E-state index contributed by atoms with van der Waals surface area (Å²) in [7, 11) is 0. The van der Waals surface area contributed by atoms with E-state index in [1.807, 2.05) is 11.8 Å². The molecule has 1 aliphatic carbocycles. The number of amides is 1. The van der Waals surface area contributed by atoms with E-state index in [9.17, 15) is 9.18 Å². The molecule has 1 aromatic carbocycles. The maximum atomic E-state index is 13.5. The molecule has 3 heterocycles. The first-order chi connectivity index (χ1) is 16.0. The summed E-state index contributed by atoms with van der Waals surface area (Å²) >= 11 is 0. The number of hydrogen-bond acceptors (Lipinski definition) is 5. The van der Waals surface area contributed by atoms with Crippen molar-refractivity contribution in [3.8, 4) is 5.69 Å². The van der Waals surface area contributed by atoms with Crippen LogP contribution in [-0.2, 0) is 4.79 Å². The van der Waals surface area contributed by atoms with Crippen LogP contribution in [0.15, 0.2) is 24.3 Å². The van der Waals surface area contributed by atoms with Crippen LogP contribution in [0, 0.1) is 18.7 Å². The van der Waals surface area contributed by atoms with Crippen molar-refractivity contribution in [2.75, 3.05) is 31.1 Å². The molecule has 174 valence electrons. The van der Waals surface area contributed by atoms with Crippen molar-refractivity contribution in [2.24, 2.45) is 5.92 Å². The van der Waals surface area contributed by atoms with E-state index < -0.39 is 0 Å². The first kappa shape index (κ1) is 21.8. The molecule has 1 atom stereocenters. The Labute approximate surface area is 193 Å². The van der Waals surface area contributed by atoms with Gasteiger partial charge in [-0.1, -0.05) is 20.3 Å². The molecule has 2 fully saturated rings. The fraction of sp³-hybridized carbons (Fsp3) is 0.520. The molecular weight excluding hydrogens is 419 g/mol. The maximum Gasteiger partial charge on any atom is 0.225 e. The van der Waals surface area contributed by atoms with Gasteiger partial charge in [0.05, 0.1) is 16.8 Å². The number of nitrogens with zero attached hydrogens (tertiary/aromatic N) is 6. The number of halogens is 1. The Morgan fingerprint density at radius 2 is 1.82 bits per heavy atom. The van der Waals surface area contributed by atoms with Gasteiger partial charge >= 0.3 is 0 Å². The Hall–Kier alpha value is -3.03. The molecule has 33 heavy (non-hydrogen) atoms. The van der Waals surface area contributed by atoms with Crippen molar-refractivity contribution in [1.29, 1.82) is 0 Å². The van der Waals surface area contributed by atoms with Crippen LogP contribution in [0.4, 0.5) is 10.2 Å².